The lowest BCUT2D eigenvalue weighted by Gasteiger charge is -2.05. The molecule has 1 aromatic rings. The SMILES string of the molecule is CCOc1ccc(C(=O)CCBr)cc1[N+](=O)[O-]. The highest BCUT2D eigenvalue weighted by molar-refractivity contribution is 9.09. The molecule has 0 aliphatic carbocycles. The van der Waals surface area contributed by atoms with Crippen molar-refractivity contribution in [2.24, 2.45) is 0 Å². The Kier molecular flexibility index (Phi) is 5.09. The molecule has 17 heavy (non-hydrogen) atoms. The van der Waals surface area contributed by atoms with E-state index in [0.717, 1.165) is 0 Å². The molecule has 0 bridgehead atoms. The van der Waals surface area contributed by atoms with Crippen molar-refractivity contribution in [1.82, 2.24) is 0 Å². The molecule has 5 nitrogen and oxygen atoms in total. The highest BCUT2D eigenvalue weighted by atomic mass is 79.9. The smallest absolute Gasteiger partial charge is 0.311 e. The molecule has 0 fully saturated rings. The number of nitrogens with zero attached hydrogens (tertiary/aromatic N) is 1. The Bertz CT molecular complexity index is 433. The Morgan fingerprint density at radius 2 is 2.24 bits per heavy atom. The van der Waals surface area contributed by atoms with E-state index in [2.05, 4.69) is 15.9 Å². The van der Waals surface area contributed by atoms with Gasteiger partial charge in [0.1, 0.15) is 0 Å². The van der Waals surface area contributed by atoms with Gasteiger partial charge in [-0.05, 0) is 19.1 Å². The van der Waals surface area contributed by atoms with Gasteiger partial charge in [0, 0.05) is 23.4 Å². The molecule has 0 spiro atoms. The second-order valence-corrected chi connectivity index (χ2v) is 4.03. The normalized spacial score (nSPS) is 10.0. The van der Waals surface area contributed by atoms with Crippen LogP contribution in [0.1, 0.15) is 23.7 Å². The van der Waals surface area contributed by atoms with Crippen LogP contribution in [0.5, 0.6) is 5.75 Å². The van der Waals surface area contributed by atoms with E-state index in [0.29, 0.717) is 23.9 Å². The molecule has 0 atom stereocenters. The second kappa shape index (κ2) is 6.34. The molecule has 1 rings (SSSR count). The first-order chi connectivity index (χ1) is 8.10. The van der Waals surface area contributed by atoms with E-state index >= 15 is 0 Å². The van der Waals surface area contributed by atoms with E-state index in [-0.39, 0.29) is 17.2 Å². The predicted octanol–water partition coefficient (Wildman–Crippen LogP) is 2.96. The van der Waals surface area contributed by atoms with Crippen molar-refractivity contribution in [2.75, 3.05) is 11.9 Å². The number of rotatable bonds is 6. The standard InChI is InChI=1S/C11H12BrNO4/c1-2-17-11-4-3-8(10(14)5-6-12)7-9(11)13(15)16/h3-4,7H,2,5-6H2,1H3. The molecule has 0 aliphatic heterocycles. The third-order valence-corrected chi connectivity index (χ3v) is 2.50. The number of carbonyl (C=O) groups is 1. The maximum atomic E-state index is 11.6. The van der Waals surface area contributed by atoms with Gasteiger partial charge in [0.25, 0.3) is 0 Å². The van der Waals surface area contributed by atoms with E-state index in [1.54, 1.807) is 13.0 Å². The summed E-state index contributed by atoms with van der Waals surface area (Å²) in [4.78, 5) is 21.9. The van der Waals surface area contributed by atoms with E-state index in [4.69, 9.17) is 4.74 Å². The number of nitro groups is 1. The van der Waals surface area contributed by atoms with Gasteiger partial charge in [-0.1, -0.05) is 15.9 Å². The van der Waals surface area contributed by atoms with Gasteiger partial charge in [0.2, 0.25) is 0 Å². The Hall–Kier alpha value is -1.43. The summed E-state index contributed by atoms with van der Waals surface area (Å²) >= 11 is 3.15. The number of hydrogen-bond acceptors (Lipinski definition) is 4. The quantitative estimate of drug-likeness (QED) is 0.350. The third kappa shape index (κ3) is 3.52. The van der Waals surface area contributed by atoms with Crippen LogP contribution in [0.4, 0.5) is 5.69 Å². The number of Topliss-reactive ketones (excluding diaryl/α,β-unsaturated/α-hetero) is 1. The number of carbonyl (C=O) groups excluding carboxylic acids is 1. The van der Waals surface area contributed by atoms with Crippen LogP contribution in [-0.2, 0) is 0 Å². The maximum absolute atomic E-state index is 11.6. The van der Waals surface area contributed by atoms with Crippen LogP contribution >= 0.6 is 15.9 Å². The van der Waals surface area contributed by atoms with Crippen LogP contribution in [0, 0.1) is 10.1 Å². The van der Waals surface area contributed by atoms with Crippen LogP contribution in [0.2, 0.25) is 0 Å². The van der Waals surface area contributed by atoms with Crippen LogP contribution in [0.25, 0.3) is 0 Å². The van der Waals surface area contributed by atoms with Gasteiger partial charge in [-0.3, -0.25) is 14.9 Å². The van der Waals surface area contributed by atoms with Gasteiger partial charge in [0.05, 0.1) is 11.5 Å². The Morgan fingerprint density at radius 3 is 2.76 bits per heavy atom. The first kappa shape index (κ1) is 13.6. The molecule has 0 N–H and O–H groups in total. The number of ether oxygens (including phenoxy) is 1. The zero-order chi connectivity index (χ0) is 12.8. The molecule has 92 valence electrons. The number of benzene rings is 1. The minimum absolute atomic E-state index is 0.131. The van der Waals surface area contributed by atoms with Crippen molar-refractivity contribution >= 4 is 27.4 Å². The highest BCUT2D eigenvalue weighted by Crippen LogP contribution is 2.28. The minimum atomic E-state index is -0.546. The van der Waals surface area contributed by atoms with Crippen molar-refractivity contribution in [1.29, 1.82) is 0 Å². The molecule has 0 aromatic heterocycles. The van der Waals surface area contributed by atoms with Gasteiger partial charge < -0.3 is 4.74 Å². The van der Waals surface area contributed by atoms with Crippen LogP contribution in [0.3, 0.4) is 0 Å². The van der Waals surface area contributed by atoms with Gasteiger partial charge in [-0.15, -0.1) is 0 Å². The van der Waals surface area contributed by atoms with E-state index in [9.17, 15) is 14.9 Å². The van der Waals surface area contributed by atoms with Crippen molar-refractivity contribution in [2.45, 2.75) is 13.3 Å². The van der Waals surface area contributed by atoms with Gasteiger partial charge in [-0.2, -0.15) is 0 Å². The second-order valence-electron chi connectivity index (χ2n) is 3.23. The Labute approximate surface area is 107 Å². The van der Waals surface area contributed by atoms with Crippen molar-refractivity contribution in [3.63, 3.8) is 0 Å². The first-order valence-electron chi connectivity index (χ1n) is 5.10. The molecule has 0 radical (unpaired) electrons. The molecule has 6 heteroatoms. The van der Waals surface area contributed by atoms with Crippen molar-refractivity contribution < 1.29 is 14.5 Å². The highest BCUT2D eigenvalue weighted by Gasteiger charge is 2.18. The summed E-state index contributed by atoms with van der Waals surface area (Å²) in [5, 5.41) is 11.4. The van der Waals surface area contributed by atoms with E-state index < -0.39 is 4.92 Å². The van der Waals surface area contributed by atoms with Crippen LogP contribution in [-0.4, -0.2) is 22.6 Å². The first-order valence-corrected chi connectivity index (χ1v) is 6.22. The predicted molar refractivity (Wildman–Crippen MR) is 67.0 cm³/mol. The largest absolute Gasteiger partial charge is 0.487 e. The lowest BCUT2D eigenvalue weighted by molar-refractivity contribution is -0.385. The van der Waals surface area contributed by atoms with Crippen LogP contribution < -0.4 is 4.74 Å². The Morgan fingerprint density at radius 1 is 1.53 bits per heavy atom. The molecule has 0 saturated carbocycles. The molecule has 0 heterocycles. The fourth-order valence-electron chi connectivity index (χ4n) is 1.34. The van der Waals surface area contributed by atoms with Gasteiger partial charge >= 0.3 is 5.69 Å². The molecule has 0 aliphatic rings. The average molecular weight is 302 g/mol. The third-order valence-electron chi connectivity index (χ3n) is 2.10. The number of ketones is 1. The summed E-state index contributed by atoms with van der Waals surface area (Å²) in [6.45, 7) is 2.09. The summed E-state index contributed by atoms with van der Waals surface area (Å²) in [5.74, 6) is 0.0564. The topological polar surface area (TPSA) is 69.4 Å². The van der Waals surface area contributed by atoms with Gasteiger partial charge in [0.15, 0.2) is 11.5 Å². The number of nitro benzene ring substituents is 1. The maximum Gasteiger partial charge on any atom is 0.311 e. The van der Waals surface area contributed by atoms with E-state index in [1.807, 2.05) is 0 Å². The lowest BCUT2D eigenvalue weighted by Crippen LogP contribution is -2.03. The van der Waals surface area contributed by atoms with E-state index in [1.165, 1.54) is 12.1 Å². The molecule has 0 unspecified atom stereocenters. The summed E-state index contributed by atoms with van der Waals surface area (Å²) in [6, 6.07) is 4.27. The number of hydrogen-bond donors (Lipinski definition) is 0. The monoisotopic (exact) mass is 301 g/mol. The summed E-state index contributed by atoms with van der Waals surface area (Å²) in [7, 11) is 0. The minimum Gasteiger partial charge on any atom is -0.487 e. The lowest BCUT2D eigenvalue weighted by atomic mass is 10.1. The zero-order valence-corrected chi connectivity index (χ0v) is 10.9. The fraction of sp³-hybridized carbons (Fsp3) is 0.364. The van der Waals surface area contributed by atoms with Crippen molar-refractivity contribution in [3.05, 3.63) is 33.9 Å². The zero-order valence-electron chi connectivity index (χ0n) is 9.31. The molecular weight excluding hydrogens is 290 g/mol. The molecule has 0 saturated heterocycles. The molecular formula is C11H12BrNO4. The van der Waals surface area contributed by atoms with Crippen LogP contribution in [0.15, 0.2) is 18.2 Å². The van der Waals surface area contributed by atoms with Gasteiger partial charge in [-0.25, -0.2) is 0 Å². The number of halogens is 1. The average Bonchev–Trinajstić information content (AvgIpc) is 2.30. The summed E-state index contributed by atoms with van der Waals surface area (Å²) in [6.07, 6.45) is 0.311. The number of alkyl halides is 1. The molecule has 0 amide bonds. The summed E-state index contributed by atoms with van der Waals surface area (Å²) in [5.41, 5.74) is 0.159. The Balaban J connectivity index is 3.09. The fourth-order valence-corrected chi connectivity index (χ4v) is 1.70. The van der Waals surface area contributed by atoms with Crippen molar-refractivity contribution in [3.8, 4) is 5.75 Å². The summed E-state index contributed by atoms with van der Waals surface area (Å²) < 4.78 is 5.13. The molecule has 1 aromatic carbocycles.